The summed E-state index contributed by atoms with van der Waals surface area (Å²) in [6, 6.07) is 7.38. The highest BCUT2D eigenvalue weighted by molar-refractivity contribution is 7.38. The quantitative estimate of drug-likeness (QED) is 0.547. The maximum atomic E-state index is 13.5. The minimum atomic E-state index is -4.16. The fraction of sp³-hybridized carbons (Fsp3) is 0.500. The first-order chi connectivity index (χ1) is 9.18. The monoisotopic (exact) mass is 299 g/mol. The molecule has 2 aromatic rings. The third kappa shape index (κ3) is 2.34. The van der Waals surface area contributed by atoms with Gasteiger partial charge in [-0.25, -0.2) is 0 Å². The molecule has 1 aliphatic rings. The summed E-state index contributed by atoms with van der Waals surface area (Å²) in [5.41, 5.74) is -3.31. The normalized spacial score (nSPS) is 17.8. The van der Waals surface area contributed by atoms with E-state index < -0.39 is 16.0 Å². The number of halogens is 3. The van der Waals surface area contributed by atoms with Gasteiger partial charge in [0.1, 0.15) is 0 Å². The molecule has 4 heteroatoms. The van der Waals surface area contributed by atoms with Crippen LogP contribution in [0.4, 0.5) is 13.2 Å². The van der Waals surface area contributed by atoms with E-state index in [2.05, 4.69) is 0 Å². The minimum absolute atomic E-state index is 0.127. The van der Waals surface area contributed by atoms with Crippen molar-refractivity contribution >= 4 is 20.6 Å². The molecule has 1 heterocycles. The fourth-order valence-electron chi connectivity index (χ4n) is 2.55. The van der Waals surface area contributed by atoms with Gasteiger partial charge in [-0.15, -0.1) is 13.2 Å². The van der Waals surface area contributed by atoms with Crippen LogP contribution < -0.4 is 0 Å². The Kier molecular flexibility index (Phi) is 2.95. The molecule has 1 aromatic heterocycles. The van der Waals surface area contributed by atoms with Crippen molar-refractivity contribution in [2.45, 2.75) is 50.5 Å². The molecule has 0 radical (unpaired) electrons. The Balaban J connectivity index is 2.27. The van der Waals surface area contributed by atoms with Crippen molar-refractivity contribution in [1.29, 1.82) is 0 Å². The topological polar surface area (TPSA) is 0 Å². The van der Waals surface area contributed by atoms with E-state index in [0.717, 1.165) is 23.8 Å². The first-order valence-corrected chi connectivity index (χ1v) is 8.07. The molecule has 1 aliphatic carbocycles. The molecule has 1 saturated carbocycles. The molecule has 1 aromatic carbocycles. The van der Waals surface area contributed by atoms with Gasteiger partial charge in [-0.05, 0) is 29.9 Å². The highest BCUT2D eigenvalue weighted by Gasteiger charge is 2.51. The van der Waals surface area contributed by atoms with Crippen molar-refractivity contribution in [2.75, 3.05) is 0 Å². The SMILES string of the molecule is CC(C)(C)c1ccc2cc(C3CC3)[s+](C(F)(F)F)c2c1. The van der Waals surface area contributed by atoms with Crippen LogP contribution in [0, 0.1) is 0 Å². The zero-order valence-electron chi connectivity index (χ0n) is 11.8. The van der Waals surface area contributed by atoms with E-state index in [9.17, 15) is 13.2 Å². The first-order valence-electron chi connectivity index (χ1n) is 6.85. The van der Waals surface area contributed by atoms with Crippen LogP contribution >= 0.6 is 10.5 Å². The average Bonchev–Trinajstić information content (AvgIpc) is 3.05. The Morgan fingerprint density at radius 1 is 1.05 bits per heavy atom. The highest BCUT2D eigenvalue weighted by atomic mass is 32.2. The molecular formula is C16H18F3S+. The van der Waals surface area contributed by atoms with E-state index in [1.807, 2.05) is 32.9 Å². The third-order valence-corrected chi connectivity index (χ3v) is 6.02. The summed E-state index contributed by atoms with van der Waals surface area (Å²) in [4.78, 5) is 0.610. The number of benzene rings is 1. The zero-order chi connectivity index (χ0) is 14.7. The average molecular weight is 299 g/mol. The van der Waals surface area contributed by atoms with Crippen LogP contribution in [0.2, 0.25) is 0 Å². The molecule has 0 spiro atoms. The summed E-state index contributed by atoms with van der Waals surface area (Å²) >= 11 is 0. The van der Waals surface area contributed by atoms with E-state index in [1.165, 1.54) is 0 Å². The van der Waals surface area contributed by atoms with Gasteiger partial charge in [-0.2, -0.15) is 0 Å². The molecule has 1 fully saturated rings. The van der Waals surface area contributed by atoms with E-state index >= 15 is 0 Å². The number of hydrogen-bond acceptors (Lipinski definition) is 0. The van der Waals surface area contributed by atoms with E-state index in [4.69, 9.17) is 0 Å². The van der Waals surface area contributed by atoms with Crippen LogP contribution in [0.25, 0.3) is 10.1 Å². The lowest BCUT2D eigenvalue weighted by Crippen LogP contribution is -2.10. The van der Waals surface area contributed by atoms with E-state index in [1.54, 1.807) is 12.1 Å². The second-order valence-corrected chi connectivity index (χ2v) is 8.56. The molecule has 20 heavy (non-hydrogen) atoms. The Labute approximate surface area is 119 Å². The van der Waals surface area contributed by atoms with Crippen LogP contribution in [0.3, 0.4) is 0 Å². The van der Waals surface area contributed by atoms with Gasteiger partial charge >= 0.3 is 5.51 Å². The van der Waals surface area contributed by atoms with Crippen molar-refractivity contribution in [3.63, 3.8) is 0 Å². The maximum Gasteiger partial charge on any atom is 0.600 e. The van der Waals surface area contributed by atoms with Gasteiger partial charge in [-0.3, -0.25) is 0 Å². The standard InChI is InChI=1S/C16H18F3S/c1-15(2,3)12-7-6-11-8-13(10-4-5-10)20(14(11)9-12)16(17,18)19/h6-10H,4-5H2,1-3H3/q+1. The summed E-state index contributed by atoms with van der Waals surface area (Å²) in [7, 11) is -1.71. The largest absolute Gasteiger partial charge is 0.600 e. The van der Waals surface area contributed by atoms with Gasteiger partial charge in [0.05, 0.1) is 10.5 Å². The molecular weight excluding hydrogens is 281 g/mol. The Hall–Kier alpha value is -1.03. The Bertz CT molecular complexity index is 655. The van der Waals surface area contributed by atoms with Crippen molar-refractivity contribution in [3.05, 3.63) is 34.7 Å². The lowest BCUT2D eigenvalue weighted by molar-refractivity contribution is -0.0867. The van der Waals surface area contributed by atoms with Crippen LogP contribution in [0.5, 0.6) is 0 Å². The molecule has 0 amide bonds. The third-order valence-electron chi connectivity index (χ3n) is 3.84. The van der Waals surface area contributed by atoms with Crippen LogP contribution in [-0.2, 0) is 10.9 Å². The van der Waals surface area contributed by atoms with E-state index in [-0.39, 0.29) is 11.3 Å². The molecule has 0 aliphatic heterocycles. The lowest BCUT2D eigenvalue weighted by atomic mass is 9.87. The first kappa shape index (κ1) is 13.9. The van der Waals surface area contributed by atoms with Crippen molar-refractivity contribution < 1.29 is 13.2 Å². The highest BCUT2D eigenvalue weighted by Crippen LogP contribution is 2.58. The summed E-state index contributed by atoms with van der Waals surface area (Å²) in [5, 5.41) is 0.764. The van der Waals surface area contributed by atoms with Crippen LogP contribution in [0.15, 0.2) is 24.3 Å². The number of alkyl halides is 3. The predicted octanol–water partition coefficient (Wildman–Crippen LogP) is 6.24. The molecule has 0 nitrogen and oxygen atoms in total. The molecule has 1 atom stereocenters. The second-order valence-electron chi connectivity index (χ2n) is 6.58. The van der Waals surface area contributed by atoms with Crippen LogP contribution in [0.1, 0.15) is 50.0 Å². The number of thiophene rings is 1. The Morgan fingerprint density at radius 3 is 2.20 bits per heavy atom. The number of hydrogen-bond donors (Lipinski definition) is 0. The molecule has 0 saturated heterocycles. The molecule has 0 bridgehead atoms. The summed E-state index contributed by atoms with van der Waals surface area (Å²) in [6.07, 6.45) is 1.82. The second kappa shape index (κ2) is 4.23. The predicted molar refractivity (Wildman–Crippen MR) is 78.4 cm³/mol. The molecule has 3 rings (SSSR count). The van der Waals surface area contributed by atoms with Gasteiger partial charge in [-0.1, -0.05) is 26.8 Å². The van der Waals surface area contributed by atoms with Crippen molar-refractivity contribution in [1.82, 2.24) is 0 Å². The zero-order valence-corrected chi connectivity index (χ0v) is 12.7. The summed E-state index contributed by atoms with van der Waals surface area (Å²) in [6.45, 7) is 6.10. The van der Waals surface area contributed by atoms with Gasteiger partial charge < -0.3 is 0 Å². The minimum Gasteiger partial charge on any atom is -0.118 e. The van der Waals surface area contributed by atoms with E-state index in [0.29, 0.717) is 9.58 Å². The lowest BCUT2D eigenvalue weighted by Gasteiger charge is -2.18. The number of rotatable bonds is 1. The van der Waals surface area contributed by atoms with Gasteiger partial charge in [0.25, 0.3) is 0 Å². The summed E-state index contributed by atoms with van der Waals surface area (Å²) < 4.78 is 40.9. The number of fused-ring (bicyclic) bond motifs is 1. The van der Waals surface area contributed by atoms with Gasteiger partial charge in [0.15, 0.2) is 9.58 Å². The fourth-order valence-corrected chi connectivity index (χ4v) is 4.74. The summed E-state index contributed by atoms with van der Waals surface area (Å²) in [5.74, 6) is 0.158. The Morgan fingerprint density at radius 2 is 1.70 bits per heavy atom. The van der Waals surface area contributed by atoms with Crippen LogP contribution in [-0.4, -0.2) is 0 Å². The molecule has 108 valence electrons. The molecule has 1 unspecified atom stereocenters. The van der Waals surface area contributed by atoms with Gasteiger partial charge in [0.2, 0.25) is 0 Å². The van der Waals surface area contributed by atoms with Gasteiger partial charge in [0, 0.05) is 23.4 Å². The van der Waals surface area contributed by atoms with Crippen molar-refractivity contribution in [3.8, 4) is 0 Å². The van der Waals surface area contributed by atoms with Crippen molar-refractivity contribution in [2.24, 2.45) is 0 Å². The maximum absolute atomic E-state index is 13.5. The smallest absolute Gasteiger partial charge is 0.118 e. The molecule has 0 N–H and O–H groups in total.